The summed E-state index contributed by atoms with van der Waals surface area (Å²) in [6.45, 7) is 3.94. The van der Waals surface area contributed by atoms with Gasteiger partial charge in [0.25, 0.3) is 5.91 Å². The fraction of sp³-hybridized carbons (Fsp3) is 0.0800. The number of benzene rings is 4. The summed E-state index contributed by atoms with van der Waals surface area (Å²) in [6.07, 6.45) is 0. The van der Waals surface area contributed by atoms with Gasteiger partial charge in [-0.25, -0.2) is 0 Å². The van der Waals surface area contributed by atoms with E-state index in [-0.39, 0.29) is 17.0 Å². The smallest absolute Gasteiger partial charge is 0.259 e. The van der Waals surface area contributed by atoms with E-state index in [4.69, 9.17) is 0 Å². The Kier molecular flexibility index (Phi) is 5.26. The van der Waals surface area contributed by atoms with Crippen LogP contribution in [0.25, 0.3) is 10.8 Å². The number of phenols is 1. The Labute approximate surface area is 174 Å². The molecule has 0 atom stereocenters. The lowest BCUT2D eigenvalue weighted by Gasteiger charge is -2.11. The Morgan fingerprint density at radius 2 is 1.60 bits per heavy atom. The van der Waals surface area contributed by atoms with Gasteiger partial charge < -0.3 is 10.4 Å². The van der Waals surface area contributed by atoms with Crippen molar-refractivity contribution in [2.75, 3.05) is 5.32 Å². The van der Waals surface area contributed by atoms with Crippen LogP contribution in [-0.4, -0.2) is 11.0 Å². The number of rotatable bonds is 4. The number of carbonyl (C=O) groups is 1. The van der Waals surface area contributed by atoms with Crippen molar-refractivity contribution >= 4 is 33.7 Å². The number of nitrogens with one attached hydrogen (secondary N) is 1. The minimum absolute atomic E-state index is 0.146. The van der Waals surface area contributed by atoms with Crippen LogP contribution in [0.3, 0.4) is 0 Å². The molecule has 0 aliphatic carbocycles. The third kappa shape index (κ3) is 3.91. The van der Waals surface area contributed by atoms with E-state index >= 15 is 0 Å². The zero-order valence-corrected chi connectivity index (χ0v) is 16.8. The summed E-state index contributed by atoms with van der Waals surface area (Å²) in [7, 11) is 0. The molecule has 148 valence electrons. The van der Waals surface area contributed by atoms with E-state index in [9.17, 15) is 9.90 Å². The first-order valence-corrected chi connectivity index (χ1v) is 9.63. The van der Waals surface area contributed by atoms with Crippen LogP contribution in [0.2, 0.25) is 0 Å². The van der Waals surface area contributed by atoms with Crippen LogP contribution in [0.4, 0.5) is 17.1 Å². The molecule has 5 nitrogen and oxygen atoms in total. The van der Waals surface area contributed by atoms with Gasteiger partial charge in [0, 0.05) is 11.1 Å². The van der Waals surface area contributed by atoms with Gasteiger partial charge in [-0.15, -0.1) is 5.11 Å². The molecule has 4 aromatic carbocycles. The van der Waals surface area contributed by atoms with Gasteiger partial charge in [-0.1, -0.05) is 54.6 Å². The van der Waals surface area contributed by atoms with E-state index in [1.807, 2.05) is 74.5 Å². The lowest BCUT2D eigenvalue weighted by Crippen LogP contribution is -2.12. The topological polar surface area (TPSA) is 74.0 Å². The number of aromatic hydroxyl groups is 1. The number of aryl methyl sites for hydroxylation is 2. The molecule has 4 rings (SSSR count). The van der Waals surface area contributed by atoms with E-state index < -0.39 is 5.91 Å². The third-order valence-corrected chi connectivity index (χ3v) is 4.89. The maximum atomic E-state index is 12.9. The number of phenolic OH excluding ortho intramolecular Hbond substituents is 1. The van der Waals surface area contributed by atoms with Crippen molar-refractivity contribution in [2.45, 2.75) is 13.8 Å². The van der Waals surface area contributed by atoms with E-state index in [0.29, 0.717) is 5.69 Å². The highest BCUT2D eigenvalue weighted by Gasteiger charge is 2.18. The molecule has 0 saturated heterocycles. The molecule has 0 saturated carbocycles. The number of nitrogens with zero attached hydrogens (tertiary/aromatic N) is 2. The summed E-state index contributed by atoms with van der Waals surface area (Å²) in [5.74, 6) is -0.608. The third-order valence-electron chi connectivity index (χ3n) is 4.89. The average Bonchev–Trinajstić information content (AvgIpc) is 2.75. The number of carbonyl (C=O) groups excluding carboxylic acids is 1. The van der Waals surface area contributed by atoms with Crippen molar-refractivity contribution in [1.82, 2.24) is 0 Å². The largest absolute Gasteiger partial charge is 0.505 e. The summed E-state index contributed by atoms with van der Waals surface area (Å²) < 4.78 is 0. The Morgan fingerprint density at radius 3 is 2.40 bits per heavy atom. The Morgan fingerprint density at radius 1 is 0.867 bits per heavy atom. The van der Waals surface area contributed by atoms with Crippen molar-refractivity contribution in [2.24, 2.45) is 10.2 Å². The monoisotopic (exact) mass is 395 g/mol. The molecule has 0 radical (unpaired) electrons. The fourth-order valence-corrected chi connectivity index (χ4v) is 3.24. The van der Waals surface area contributed by atoms with E-state index in [2.05, 4.69) is 15.5 Å². The minimum Gasteiger partial charge on any atom is -0.505 e. The van der Waals surface area contributed by atoms with Gasteiger partial charge in [0.1, 0.15) is 5.69 Å². The summed E-state index contributed by atoms with van der Waals surface area (Å²) in [5.41, 5.74) is 3.83. The molecule has 2 N–H and O–H groups in total. The summed E-state index contributed by atoms with van der Waals surface area (Å²) in [6, 6.07) is 24.2. The zero-order valence-electron chi connectivity index (χ0n) is 16.8. The van der Waals surface area contributed by atoms with Crippen LogP contribution < -0.4 is 5.32 Å². The van der Waals surface area contributed by atoms with Crippen LogP contribution in [0.15, 0.2) is 89.1 Å². The standard InChI is InChI=1S/C25H21N3O2/c1-16-12-13-17(2)22(14-16)27-28-23-20-11-7-6-8-18(20)15-21(24(23)29)25(30)26-19-9-4-3-5-10-19/h3-15,29H,1-2H3,(H,26,30)/b28-27+. The molecule has 0 spiro atoms. The first kappa shape index (κ1) is 19.3. The second-order valence-corrected chi connectivity index (χ2v) is 7.15. The molecule has 1 amide bonds. The molecular formula is C25H21N3O2. The van der Waals surface area contributed by atoms with Crippen LogP contribution in [0, 0.1) is 13.8 Å². The lowest BCUT2D eigenvalue weighted by molar-refractivity contribution is 0.102. The van der Waals surface area contributed by atoms with Gasteiger partial charge in [-0.05, 0) is 54.6 Å². The number of azo groups is 1. The van der Waals surface area contributed by atoms with Crippen molar-refractivity contribution in [1.29, 1.82) is 0 Å². The fourth-order valence-electron chi connectivity index (χ4n) is 3.24. The highest BCUT2D eigenvalue weighted by Crippen LogP contribution is 2.39. The SMILES string of the molecule is Cc1ccc(C)c(/N=N/c2c(O)c(C(=O)Nc3ccccc3)cc3ccccc23)c1. The van der Waals surface area contributed by atoms with Gasteiger partial charge in [0.15, 0.2) is 5.75 Å². The maximum absolute atomic E-state index is 12.9. The maximum Gasteiger partial charge on any atom is 0.259 e. The van der Waals surface area contributed by atoms with Crippen molar-refractivity contribution in [3.05, 3.63) is 95.6 Å². The number of fused-ring (bicyclic) bond motifs is 1. The van der Waals surface area contributed by atoms with Gasteiger partial charge in [-0.3, -0.25) is 4.79 Å². The van der Waals surface area contributed by atoms with Crippen LogP contribution in [0.5, 0.6) is 5.75 Å². The molecule has 30 heavy (non-hydrogen) atoms. The first-order valence-electron chi connectivity index (χ1n) is 9.63. The first-order chi connectivity index (χ1) is 14.5. The van der Waals surface area contributed by atoms with Crippen LogP contribution in [0.1, 0.15) is 21.5 Å². The van der Waals surface area contributed by atoms with Gasteiger partial charge in [0.05, 0.1) is 11.3 Å². The Balaban J connectivity index is 1.80. The molecule has 0 fully saturated rings. The normalized spacial score (nSPS) is 11.1. The quantitative estimate of drug-likeness (QED) is 0.372. The summed E-state index contributed by atoms with van der Waals surface area (Å²) in [4.78, 5) is 12.9. The van der Waals surface area contributed by atoms with Crippen LogP contribution >= 0.6 is 0 Å². The second kappa shape index (κ2) is 8.17. The summed E-state index contributed by atoms with van der Waals surface area (Å²) >= 11 is 0. The number of hydrogen-bond donors (Lipinski definition) is 2. The number of anilines is 1. The number of para-hydroxylation sites is 1. The molecule has 5 heteroatoms. The van der Waals surface area contributed by atoms with Crippen molar-refractivity contribution in [3.63, 3.8) is 0 Å². The van der Waals surface area contributed by atoms with E-state index in [1.54, 1.807) is 18.2 Å². The summed E-state index contributed by atoms with van der Waals surface area (Å²) in [5, 5.41) is 24.0. The molecule has 0 aliphatic rings. The lowest BCUT2D eigenvalue weighted by atomic mass is 10.0. The molecule has 0 aromatic heterocycles. The molecule has 0 bridgehead atoms. The highest BCUT2D eigenvalue weighted by atomic mass is 16.3. The second-order valence-electron chi connectivity index (χ2n) is 7.15. The van der Waals surface area contributed by atoms with Gasteiger partial charge in [-0.2, -0.15) is 5.11 Å². The molecule has 4 aromatic rings. The Bertz CT molecular complexity index is 1260. The van der Waals surface area contributed by atoms with E-state index in [0.717, 1.165) is 27.6 Å². The predicted octanol–water partition coefficient (Wildman–Crippen LogP) is 6.83. The number of amides is 1. The molecule has 0 aliphatic heterocycles. The molecule has 0 heterocycles. The molecular weight excluding hydrogens is 374 g/mol. The predicted molar refractivity (Wildman–Crippen MR) is 120 cm³/mol. The Hall–Kier alpha value is -3.99. The number of hydrogen-bond acceptors (Lipinski definition) is 4. The van der Waals surface area contributed by atoms with Crippen molar-refractivity contribution < 1.29 is 9.90 Å². The minimum atomic E-state index is -0.410. The average molecular weight is 395 g/mol. The zero-order chi connectivity index (χ0) is 21.1. The van der Waals surface area contributed by atoms with Crippen LogP contribution in [-0.2, 0) is 0 Å². The van der Waals surface area contributed by atoms with E-state index in [1.165, 1.54) is 0 Å². The van der Waals surface area contributed by atoms with Gasteiger partial charge >= 0.3 is 0 Å². The highest BCUT2D eigenvalue weighted by molar-refractivity contribution is 6.11. The van der Waals surface area contributed by atoms with Gasteiger partial charge in [0.2, 0.25) is 0 Å². The molecule has 0 unspecified atom stereocenters. The van der Waals surface area contributed by atoms with Crippen molar-refractivity contribution in [3.8, 4) is 5.75 Å².